The molecule has 3 heterocycles. The van der Waals surface area contributed by atoms with Crippen molar-refractivity contribution in [1.82, 2.24) is 15.0 Å². The highest BCUT2D eigenvalue weighted by molar-refractivity contribution is 6.03. The Morgan fingerprint density at radius 2 is 1.74 bits per heavy atom. The summed E-state index contributed by atoms with van der Waals surface area (Å²) >= 11 is 0. The number of carbonyl (C=O) groups excluding carboxylic acids is 3. The third-order valence-electron chi connectivity index (χ3n) is 6.37. The number of urea groups is 1. The highest BCUT2D eigenvalue weighted by atomic mass is 16.6. The summed E-state index contributed by atoms with van der Waals surface area (Å²) in [5.74, 6) is 1.11. The van der Waals surface area contributed by atoms with E-state index in [0.29, 0.717) is 48.2 Å². The Hall–Kier alpha value is -4.61. The van der Waals surface area contributed by atoms with Crippen molar-refractivity contribution in [3.05, 3.63) is 60.1 Å². The maximum Gasteiger partial charge on any atom is 0.410 e. The molecule has 2 aromatic heterocycles. The summed E-state index contributed by atoms with van der Waals surface area (Å²) in [6.07, 6.45) is 1.62. The summed E-state index contributed by atoms with van der Waals surface area (Å²) in [6, 6.07) is 11.4. The van der Waals surface area contributed by atoms with Gasteiger partial charge >= 0.3 is 12.1 Å². The highest BCUT2D eigenvalue weighted by Gasteiger charge is 2.31. The second kappa shape index (κ2) is 12.1. The van der Waals surface area contributed by atoms with Crippen molar-refractivity contribution in [3.63, 3.8) is 0 Å². The molecule has 1 aromatic carbocycles. The lowest BCUT2D eigenvalue weighted by Gasteiger charge is -2.24. The molecular formula is C30H38N6O6. The van der Waals surface area contributed by atoms with Crippen LogP contribution in [0.5, 0.6) is 5.75 Å². The molecule has 1 unspecified atom stereocenters. The predicted octanol–water partition coefficient (Wildman–Crippen LogP) is 5.68. The smallest absolute Gasteiger partial charge is 0.410 e. The van der Waals surface area contributed by atoms with Crippen LogP contribution in [-0.2, 0) is 10.2 Å². The van der Waals surface area contributed by atoms with E-state index in [9.17, 15) is 14.4 Å². The number of benzene rings is 1. The van der Waals surface area contributed by atoms with Gasteiger partial charge in [-0.3, -0.25) is 15.0 Å². The Labute approximate surface area is 245 Å². The van der Waals surface area contributed by atoms with Gasteiger partial charge in [0, 0.05) is 42.9 Å². The molecule has 0 spiro atoms. The zero-order valence-electron chi connectivity index (χ0n) is 25.1. The Bertz CT molecular complexity index is 1410. The number of likely N-dealkylation sites (tertiary alicyclic amines) is 1. The van der Waals surface area contributed by atoms with Crippen LogP contribution in [0.2, 0.25) is 0 Å². The van der Waals surface area contributed by atoms with Gasteiger partial charge in [-0.05, 0) is 57.2 Å². The Balaban J connectivity index is 1.27. The Morgan fingerprint density at radius 1 is 1.02 bits per heavy atom. The number of ether oxygens (including phenoxy) is 2. The summed E-state index contributed by atoms with van der Waals surface area (Å²) < 4.78 is 16.7. The molecule has 1 saturated heterocycles. The molecule has 1 aliphatic rings. The molecule has 4 rings (SSSR count). The standard InChI is InChI=1S/C30H38N6O6/c1-29(2,3)24-16-25(34-42-24)33-27(38)35(7)20-10-8-19(9-11-20)32-26(37)23-13-12-21(17-31-23)40-22-14-15-36(18-22)28(39)41-30(4,5)6/h8-13,16-17,22H,14-15,18H2,1-7H3,(H,32,37)(H,33,34,38). The van der Waals surface area contributed by atoms with Gasteiger partial charge in [0.15, 0.2) is 5.82 Å². The normalized spacial score (nSPS) is 15.2. The third kappa shape index (κ3) is 7.99. The summed E-state index contributed by atoms with van der Waals surface area (Å²) in [7, 11) is 1.63. The lowest BCUT2D eigenvalue weighted by atomic mass is 9.93. The highest BCUT2D eigenvalue weighted by Crippen LogP contribution is 2.25. The van der Waals surface area contributed by atoms with Crippen LogP contribution in [0.15, 0.2) is 53.2 Å². The number of nitrogens with zero attached hydrogens (tertiary/aromatic N) is 4. The van der Waals surface area contributed by atoms with Crippen molar-refractivity contribution < 1.29 is 28.4 Å². The topological polar surface area (TPSA) is 139 Å². The number of aromatic nitrogens is 2. The number of nitrogens with one attached hydrogen (secondary N) is 2. The minimum absolute atomic E-state index is 0.186. The monoisotopic (exact) mass is 578 g/mol. The van der Waals surface area contributed by atoms with Crippen LogP contribution in [0.1, 0.15) is 64.2 Å². The van der Waals surface area contributed by atoms with Gasteiger partial charge in [-0.1, -0.05) is 25.9 Å². The van der Waals surface area contributed by atoms with Gasteiger partial charge in [-0.2, -0.15) is 0 Å². The first kappa shape index (κ1) is 30.4. The summed E-state index contributed by atoms with van der Waals surface area (Å²) in [5, 5.41) is 9.42. The van der Waals surface area contributed by atoms with Crippen LogP contribution < -0.4 is 20.3 Å². The van der Waals surface area contributed by atoms with Crippen LogP contribution in [0.4, 0.5) is 26.8 Å². The van der Waals surface area contributed by atoms with E-state index in [1.807, 2.05) is 41.5 Å². The van der Waals surface area contributed by atoms with Crippen molar-refractivity contribution in [2.75, 3.05) is 35.7 Å². The fourth-order valence-electron chi connectivity index (χ4n) is 4.06. The number of pyridine rings is 1. The van der Waals surface area contributed by atoms with Crippen molar-refractivity contribution >= 4 is 35.2 Å². The van der Waals surface area contributed by atoms with Crippen molar-refractivity contribution in [1.29, 1.82) is 0 Å². The molecule has 0 aliphatic carbocycles. The minimum Gasteiger partial charge on any atom is -0.487 e. The molecule has 3 aromatic rings. The maximum atomic E-state index is 12.7. The van der Waals surface area contributed by atoms with E-state index >= 15 is 0 Å². The van der Waals surface area contributed by atoms with E-state index in [2.05, 4.69) is 20.8 Å². The van der Waals surface area contributed by atoms with Crippen LogP contribution >= 0.6 is 0 Å². The van der Waals surface area contributed by atoms with E-state index in [4.69, 9.17) is 14.0 Å². The fraction of sp³-hybridized carbons (Fsp3) is 0.433. The number of carbonyl (C=O) groups is 3. The van der Waals surface area contributed by atoms with E-state index in [-0.39, 0.29) is 29.3 Å². The molecule has 224 valence electrons. The molecule has 1 fully saturated rings. The Kier molecular flexibility index (Phi) is 8.74. The molecule has 42 heavy (non-hydrogen) atoms. The molecule has 12 nitrogen and oxygen atoms in total. The molecule has 0 radical (unpaired) electrons. The van der Waals surface area contributed by atoms with Crippen molar-refractivity contribution in [2.24, 2.45) is 0 Å². The van der Waals surface area contributed by atoms with Crippen LogP contribution in [0.3, 0.4) is 0 Å². The second-order valence-electron chi connectivity index (χ2n) is 12.2. The van der Waals surface area contributed by atoms with Gasteiger partial charge < -0.3 is 24.2 Å². The number of rotatable bonds is 6. The van der Waals surface area contributed by atoms with E-state index in [0.717, 1.165) is 0 Å². The third-order valence-corrected chi connectivity index (χ3v) is 6.37. The SMILES string of the molecule is CN(C(=O)Nc1cc(C(C)(C)C)on1)c1ccc(NC(=O)c2ccc(OC3CCN(C(=O)OC(C)(C)C)C3)cn2)cc1. The van der Waals surface area contributed by atoms with E-state index in [1.165, 1.54) is 11.1 Å². The summed E-state index contributed by atoms with van der Waals surface area (Å²) in [6.45, 7) is 12.4. The Morgan fingerprint density at radius 3 is 2.33 bits per heavy atom. The maximum absolute atomic E-state index is 12.7. The average Bonchev–Trinajstić information content (AvgIpc) is 3.58. The molecule has 2 N–H and O–H groups in total. The molecular weight excluding hydrogens is 540 g/mol. The van der Waals surface area contributed by atoms with Crippen molar-refractivity contribution in [2.45, 2.75) is 65.1 Å². The summed E-state index contributed by atoms with van der Waals surface area (Å²) in [5.41, 5.74) is 0.588. The molecule has 1 atom stereocenters. The van der Waals surface area contributed by atoms with Crippen LogP contribution in [0.25, 0.3) is 0 Å². The van der Waals surface area contributed by atoms with Gasteiger partial charge in [0.25, 0.3) is 5.91 Å². The first-order valence-corrected chi connectivity index (χ1v) is 13.7. The van der Waals surface area contributed by atoms with Crippen LogP contribution in [0, 0.1) is 0 Å². The minimum atomic E-state index is -0.554. The van der Waals surface area contributed by atoms with E-state index in [1.54, 1.807) is 54.4 Å². The average molecular weight is 579 g/mol. The number of amides is 4. The fourth-order valence-corrected chi connectivity index (χ4v) is 4.06. The van der Waals surface area contributed by atoms with E-state index < -0.39 is 11.5 Å². The number of hydrogen-bond acceptors (Lipinski definition) is 8. The first-order chi connectivity index (χ1) is 19.7. The van der Waals surface area contributed by atoms with Gasteiger partial charge in [-0.25, -0.2) is 14.6 Å². The predicted molar refractivity (Wildman–Crippen MR) is 158 cm³/mol. The quantitative estimate of drug-likeness (QED) is 0.381. The van der Waals surface area contributed by atoms with Gasteiger partial charge in [-0.15, -0.1) is 0 Å². The number of anilines is 3. The lowest BCUT2D eigenvalue weighted by Crippen LogP contribution is -2.36. The van der Waals surface area contributed by atoms with Gasteiger partial charge in [0.05, 0.1) is 12.7 Å². The van der Waals surface area contributed by atoms with Crippen molar-refractivity contribution in [3.8, 4) is 5.75 Å². The molecule has 0 bridgehead atoms. The summed E-state index contributed by atoms with van der Waals surface area (Å²) in [4.78, 5) is 45.0. The molecule has 0 saturated carbocycles. The van der Waals surface area contributed by atoms with Crippen LogP contribution in [-0.4, -0.2) is 64.9 Å². The first-order valence-electron chi connectivity index (χ1n) is 13.7. The van der Waals surface area contributed by atoms with Gasteiger partial charge in [0.1, 0.15) is 28.9 Å². The molecule has 4 amide bonds. The largest absolute Gasteiger partial charge is 0.487 e. The molecule has 12 heteroatoms. The second-order valence-corrected chi connectivity index (χ2v) is 12.2. The zero-order valence-corrected chi connectivity index (χ0v) is 25.1. The molecule has 1 aliphatic heterocycles. The van der Waals surface area contributed by atoms with Gasteiger partial charge in [0.2, 0.25) is 0 Å². The lowest BCUT2D eigenvalue weighted by molar-refractivity contribution is 0.0275. The zero-order chi connectivity index (χ0) is 30.7. The number of hydrogen-bond donors (Lipinski definition) is 2.